The van der Waals surface area contributed by atoms with Gasteiger partial charge >= 0.3 is 0 Å². The molecule has 2 aromatic rings. The summed E-state index contributed by atoms with van der Waals surface area (Å²) in [4.78, 5) is 14.8. The van der Waals surface area contributed by atoms with Gasteiger partial charge in [0, 0.05) is 36.5 Å². The third-order valence-corrected chi connectivity index (χ3v) is 5.10. The van der Waals surface area contributed by atoms with Gasteiger partial charge in [-0.1, -0.05) is 6.07 Å². The number of pyridine rings is 1. The first-order valence-corrected chi connectivity index (χ1v) is 9.53. The van der Waals surface area contributed by atoms with Gasteiger partial charge in [-0.3, -0.25) is 15.1 Å². The van der Waals surface area contributed by atoms with E-state index in [1.54, 1.807) is 27.0 Å². The molecule has 0 saturated heterocycles. The topological polar surface area (TPSA) is 114 Å². The molecule has 0 radical (unpaired) electrons. The Bertz CT molecular complexity index is 877. The van der Waals surface area contributed by atoms with Crippen molar-refractivity contribution in [2.24, 2.45) is 0 Å². The van der Waals surface area contributed by atoms with E-state index >= 15 is 0 Å². The Labute approximate surface area is 152 Å². The average Bonchev–Trinajstić information content (AvgIpc) is 2.53. The second kappa shape index (κ2) is 7.79. The minimum Gasteiger partial charge on any atom is -0.379 e. The number of nitrogens with zero attached hydrogens (tertiary/aromatic N) is 2. The zero-order valence-corrected chi connectivity index (χ0v) is 15.7. The number of sulfonamides is 1. The first kappa shape index (κ1) is 19.8. The fourth-order valence-corrected chi connectivity index (χ4v) is 3.75. The van der Waals surface area contributed by atoms with Crippen LogP contribution in [0.2, 0.25) is 0 Å². The molecule has 0 amide bonds. The molecule has 0 bridgehead atoms. The van der Waals surface area contributed by atoms with E-state index < -0.39 is 20.5 Å². The van der Waals surface area contributed by atoms with Crippen LogP contribution in [0.15, 0.2) is 47.5 Å². The summed E-state index contributed by atoms with van der Waals surface area (Å²) in [6.07, 6.45) is 2.27. The minimum absolute atomic E-state index is 0.144. The Morgan fingerprint density at radius 1 is 1.19 bits per heavy atom. The Morgan fingerprint density at radius 2 is 1.92 bits per heavy atom. The number of nitro groups is 1. The van der Waals surface area contributed by atoms with Gasteiger partial charge in [0.25, 0.3) is 5.69 Å². The standard InChI is InChI=1S/C17H22N4O4S/c1-17(2,3)20-26(24,25)14-7-8-15(16(12-14)21(22)23)19-11-9-13-6-4-5-10-18-13/h4-8,10,12,19-20H,9,11H2,1-3H3. The van der Waals surface area contributed by atoms with Gasteiger partial charge in [0.15, 0.2) is 0 Å². The summed E-state index contributed by atoms with van der Waals surface area (Å²) in [5, 5.41) is 14.3. The monoisotopic (exact) mass is 378 g/mol. The van der Waals surface area contributed by atoms with E-state index in [0.717, 1.165) is 11.8 Å². The highest BCUT2D eigenvalue weighted by atomic mass is 32.2. The zero-order chi connectivity index (χ0) is 19.4. The van der Waals surface area contributed by atoms with Gasteiger partial charge in [-0.15, -0.1) is 0 Å². The Balaban J connectivity index is 2.19. The molecule has 0 fully saturated rings. The molecule has 0 spiro atoms. The molecule has 0 unspecified atom stereocenters. The van der Waals surface area contributed by atoms with Crippen LogP contribution < -0.4 is 10.0 Å². The molecule has 26 heavy (non-hydrogen) atoms. The second-order valence-corrected chi connectivity index (χ2v) is 8.47. The summed E-state index contributed by atoms with van der Waals surface area (Å²) in [7, 11) is -3.85. The summed E-state index contributed by atoms with van der Waals surface area (Å²) in [5.74, 6) is 0. The number of hydrogen-bond donors (Lipinski definition) is 2. The molecule has 1 heterocycles. The van der Waals surface area contributed by atoms with Crippen LogP contribution in [0.3, 0.4) is 0 Å². The fraction of sp³-hybridized carbons (Fsp3) is 0.353. The predicted octanol–water partition coefficient (Wildman–Crippen LogP) is 2.72. The molecule has 0 saturated carbocycles. The fourth-order valence-electron chi connectivity index (χ4n) is 2.31. The predicted molar refractivity (Wildman–Crippen MR) is 99.6 cm³/mol. The van der Waals surface area contributed by atoms with Crippen molar-refractivity contribution >= 4 is 21.4 Å². The van der Waals surface area contributed by atoms with Gasteiger partial charge in [0.1, 0.15) is 5.69 Å². The number of hydrogen-bond acceptors (Lipinski definition) is 6. The lowest BCUT2D eigenvalue weighted by Gasteiger charge is -2.20. The summed E-state index contributed by atoms with van der Waals surface area (Å²) in [6.45, 7) is 5.54. The van der Waals surface area contributed by atoms with Crippen molar-refractivity contribution < 1.29 is 13.3 Å². The van der Waals surface area contributed by atoms with E-state index in [1.807, 2.05) is 18.2 Å². The third-order valence-electron chi connectivity index (χ3n) is 3.34. The molecule has 1 aromatic heterocycles. The Kier molecular flexibility index (Phi) is 5.94. The molecule has 0 aliphatic heterocycles. The molecule has 2 rings (SSSR count). The van der Waals surface area contributed by atoms with Gasteiger partial charge in [0.05, 0.1) is 9.82 Å². The lowest BCUT2D eigenvalue weighted by Crippen LogP contribution is -2.40. The highest BCUT2D eigenvalue weighted by Crippen LogP contribution is 2.28. The Hall–Kier alpha value is -2.52. The van der Waals surface area contributed by atoms with Gasteiger partial charge in [-0.25, -0.2) is 13.1 Å². The van der Waals surface area contributed by atoms with E-state index in [-0.39, 0.29) is 16.3 Å². The summed E-state index contributed by atoms with van der Waals surface area (Å²) >= 11 is 0. The van der Waals surface area contributed by atoms with Gasteiger partial charge < -0.3 is 5.32 Å². The number of nitro benzene ring substituents is 1. The maximum atomic E-state index is 12.4. The van der Waals surface area contributed by atoms with Gasteiger partial charge in [-0.2, -0.15) is 0 Å². The number of aromatic nitrogens is 1. The van der Waals surface area contributed by atoms with E-state index in [0.29, 0.717) is 13.0 Å². The molecule has 140 valence electrons. The normalized spacial score (nSPS) is 12.0. The van der Waals surface area contributed by atoms with Crippen molar-refractivity contribution in [1.29, 1.82) is 0 Å². The summed E-state index contributed by atoms with van der Waals surface area (Å²) in [5.41, 5.74) is 0.146. The number of anilines is 1. The number of benzene rings is 1. The highest BCUT2D eigenvalue weighted by molar-refractivity contribution is 7.89. The second-order valence-electron chi connectivity index (χ2n) is 6.79. The van der Waals surface area contributed by atoms with Crippen LogP contribution >= 0.6 is 0 Å². The molecule has 9 heteroatoms. The van der Waals surface area contributed by atoms with E-state index in [1.165, 1.54) is 12.1 Å². The zero-order valence-electron chi connectivity index (χ0n) is 14.9. The van der Waals surface area contributed by atoms with Crippen LogP contribution in [0.1, 0.15) is 26.5 Å². The van der Waals surface area contributed by atoms with E-state index in [9.17, 15) is 18.5 Å². The molecule has 2 N–H and O–H groups in total. The van der Waals surface area contributed by atoms with Crippen molar-refractivity contribution in [3.8, 4) is 0 Å². The number of rotatable bonds is 7. The first-order valence-electron chi connectivity index (χ1n) is 8.05. The molecule has 0 aliphatic rings. The van der Waals surface area contributed by atoms with E-state index in [2.05, 4.69) is 15.0 Å². The lowest BCUT2D eigenvalue weighted by atomic mass is 10.1. The quantitative estimate of drug-likeness (QED) is 0.565. The minimum atomic E-state index is -3.85. The molecule has 1 aromatic carbocycles. The van der Waals surface area contributed by atoms with Crippen molar-refractivity contribution in [2.45, 2.75) is 37.6 Å². The van der Waals surface area contributed by atoms with Crippen LogP contribution in [0.25, 0.3) is 0 Å². The molecule has 0 aliphatic carbocycles. The average molecular weight is 378 g/mol. The maximum Gasteiger partial charge on any atom is 0.293 e. The maximum absolute atomic E-state index is 12.4. The number of nitrogens with one attached hydrogen (secondary N) is 2. The highest BCUT2D eigenvalue weighted by Gasteiger charge is 2.25. The van der Waals surface area contributed by atoms with Crippen LogP contribution in [-0.2, 0) is 16.4 Å². The van der Waals surface area contributed by atoms with Crippen molar-refractivity contribution in [2.75, 3.05) is 11.9 Å². The van der Waals surface area contributed by atoms with Crippen LogP contribution in [0.5, 0.6) is 0 Å². The van der Waals surface area contributed by atoms with Crippen molar-refractivity contribution in [3.63, 3.8) is 0 Å². The van der Waals surface area contributed by atoms with Crippen molar-refractivity contribution in [3.05, 3.63) is 58.4 Å². The lowest BCUT2D eigenvalue weighted by molar-refractivity contribution is -0.384. The van der Waals surface area contributed by atoms with Crippen molar-refractivity contribution in [1.82, 2.24) is 9.71 Å². The molecule has 0 atom stereocenters. The largest absolute Gasteiger partial charge is 0.379 e. The summed E-state index contributed by atoms with van der Waals surface area (Å²) in [6, 6.07) is 9.37. The molecular formula is C17H22N4O4S. The summed E-state index contributed by atoms with van der Waals surface area (Å²) < 4.78 is 27.2. The van der Waals surface area contributed by atoms with Gasteiger partial charge in [0.2, 0.25) is 10.0 Å². The third kappa shape index (κ3) is 5.50. The Morgan fingerprint density at radius 3 is 2.50 bits per heavy atom. The van der Waals surface area contributed by atoms with Gasteiger partial charge in [-0.05, 0) is 45.0 Å². The molecule has 8 nitrogen and oxygen atoms in total. The molecular weight excluding hydrogens is 356 g/mol. The van der Waals surface area contributed by atoms with Crippen LogP contribution in [0.4, 0.5) is 11.4 Å². The smallest absolute Gasteiger partial charge is 0.293 e. The van der Waals surface area contributed by atoms with Crippen LogP contribution in [0, 0.1) is 10.1 Å². The van der Waals surface area contributed by atoms with Crippen LogP contribution in [-0.4, -0.2) is 30.4 Å². The van der Waals surface area contributed by atoms with E-state index in [4.69, 9.17) is 0 Å². The SMILES string of the molecule is CC(C)(C)NS(=O)(=O)c1ccc(NCCc2ccccn2)c([N+](=O)[O-])c1. The first-order chi connectivity index (χ1) is 12.1.